The fraction of sp³-hybridized carbons (Fsp3) is 0.357. The maximum Gasteiger partial charge on any atom is 0.0632 e. The SMILES string of the molecule is NC1CC(NCCn2cc(Br)cn2)c2ccccc21. The van der Waals surface area contributed by atoms with Crippen molar-refractivity contribution in [1.29, 1.82) is 0 Å². The van der Waals surface area contributed by atoms with Gasteiger partial charge in [-0.3, -0.25) is 4.68 Å². The lowest BCUT2D eigenvalue weighted by Crippen LogP contribution is -2.24. The zero-order valence-corrected chi connectivity index (χ0v) is 12.2. The van der Waals surface area contributed by atoms with Gasteiger partial charge in [0.2, 0.25) is 0 Å². The van der Waals surface area contributed by atoms with Crippen molar-refractivity contribution in [1.82, 2.24) is 15.1 Å². The Labute approximate surface area is 121 Å². The lowest BCUT2D eigenvalue weighted by atomic mass is 10.1. The third-order valence-electron chi connectivity index (χ3n) is 3.59. The first-order valence-electron chi connectivity index (χ1n) is 6.50. The summed E-state index contributed by atoms with van der Waals surface area (Å²) in [5.74, 6) is 0. The van der Waals surface area contributed by atoms with Gasteiger partial charge in [-0.2, -0.15) is 5.10 Å². The van der Waals surface area contributed by atoms with Crippen LogP contribution in [0.25, 0.3) is 0 Å². The van der Waals surface area contributed by atoms with Crippen LogP contribution in [0.2, 0.25) is 0 Å². The molecule has 1 aromatic carbocycles. The minimum atomic E-state index is 0.160. The molecule has 0 aliphatic heterocycles. The molecule has 0 bridgehead atoms. The van der Waals surface area contributed by atoms with Crippen LogP contribution in [0.5, 0.6) is 0 Å². The van der Waals surface area contributed by atoms with Crippen molar-refractivity contribution in [2.45, 2.75) is 25.0 Å². The first-order chi connectivity index (χ1) is 9.24. The molecular formula is C14H17BrN4. The number of benzene rings is 1. The molecule has 1 aromatic heterocycles. The first kappa shape index (κ1) is 12.8. The maximum absolute atomic E-state index is 6.16. The van der Waals surface area contributed by atoms with Crippen LogP contribution in [0.4, 0.5) is 0 Å². The molecular weight excluding hydrogens is 304 g/mol. The number of hydrogen-bond donors (Lipinski definition) is 2. The molecule has 0 saturated carbocycles. The number of nitrogens with one attached hydrogen (secondary N) is 1. The van der Waals surface area contributed by atoms with Crippen molar-refractivity contribution in [3.8, 4) is 0 Å². The molecule has 4 nitrogen and oxygen atoms in total. The van der Waals surface area contributed by atoms with Crippen molar-refractivity contribution in [2.75, 3.05) is 6.54 Å². The van der Waals surface area contributed by atoms with Gasteiger partial charge in [-0.15, -0.1) is 0 Å². The van der Waals surface area contributed by atoms with E-state index in [-0.39, 0.29) is 6.04 Å². The second-order valence-electron chi connectivity index (χ2n) is 4.90. The molecule has 2 atom stereocenters. The van der Waals surface area contributed by atoms with Gasteiger partial charge >= 0.3 is 0 Å². The highest BCUT2D eigenvalue weighted by atomic mass is 79.9. The topological polar surface area (TPSA) is 55.9 Å². The molecule has 0 fully saturated rings. The molecule has 3 rings (SSSR count). The Bertz CT molecular complexity index is 566. The molecule has 2 unspecified atom stereocenters. The molecule has 0 radical (unpaired) electrons. The zero-order chi connectivity index (χ0) is 13.2. The highest BCUT2D eigenvalue weighted by Crippen LogP contribution is 2.36. The Morgan fingerprint density at radius 1 is 1.37 bits per heavy atom. The third-order valence-corrected chi connectivity index (χ3v) is 4.00. The van der Waals surface area contributed by atoms with Crippen molar-refractivity contribution in [3.05, 3.63) is 52.3 Å². The number of halogens is 1. The standard InChI is InChI=1S/C14H17BrN4/c15-10-8-18-19(9-10)6-5-17-14-7-13(16)11-3-1-2-4-12(11)14/h1-4,8-9,13-14,17H,5-7,16H2. The largest absolute Gasteiger partial charge is 0.324 e. The van der Waals surface area contributed by atoms with Crippen molar-refractivity contribution >= 4 is 15.9 Å². The van der Waals surface area contributed by atoms with Crippen LogP contribution in [0, 0.1) is 0 Å². The lowest BCUT2D eigenvalue weighted by molar-refractivity contribution is 0.466. The Hall–Kier alpha value is -1.17. The second-order valence-corrected chi connectivity index (χ2v) is 5.82. The van der Waals surface area contributed by atoms with E-state index in [0.717, 1.165) is 24.0 Å². The van der Waals surface area contributed by atoms with Crippen LogP contribution in [0.3, 0.4) is 0 Å². The molecule has 5 heteroatoms. The predicted octanol–water partition coefficient (Wildman–Crippen LogP) is 2.38. The summed E-state index contributed by atoms with van der Waals surface area (Å²) in [6.45, 7) is 1.75. The van der Waals surface area contributed by atoms with Gasteiger partial charge in [0.05, 0.1) is 17.2 Å². The van der Waals surface area contributed by atoms with Gasteiger partial charge < -0.3 is 11.1 Å². The summed E-state index contributed by atoms with van der Waals surface area (Å²) in [5.41, 5.74) is 8.78. The molecule has 100 valence electrons. The van der Waals surface area contributed by atoms with Gasteiger partial charge in [0.15, 0.2) is 0 Å². The van der Waals surface area contributed by atoms with Gasteiger partial charge in [0.25, 0.3) is 0 Å². The van der Waals surface area contributed by atoms with Gasteiger partial charge in [-0.1, -0.05) is 24.3 Å². The average Bonchev–Trinajstić information content (AvgIpc) is 2.96. The fourth-order valence-corrected chi connectivity index (χ4v) is 3.01. The molecule has 2 aromatic rings. The van der Waals surface area contributed by atoms with Crippen LogP contribution < -0.4 is 11.1 Å². The lowest BCUT2D eigenvalue weighted by Gasteiger charge is -2.13. The van der Waals surface area contributed by atoms with E-state index in [4.69, 9.17) is 5.73 Å². The first-order valence-corrected chi connectivity index (χ1v) is 7.29. The second kappa shape index (κ2) is 5.45. The number of fused-ring (bicyclic) bond motifs is 1. The van der Waals surface area contributed by atoms with E-state index in [2.05, 4.69) is 50.6 Å². The van der Waals surface area contributed by atoms with E-state index in [1.165, 1.54) is 11.1 Å². The fourth-order valence-electron chi connectivity index (χ4n) is 2.68. The van der Waals surface area contributed by atoms with E-state index in [1.807, 2.05) is 10.9 Å². The predicted molar refractivity (Wildman–Crippen MR) is 78.7 cm³/mol. The number of nitrogens with two attached hydrogens (primary N) is 1. The van der Waals surface area contributed by atoms with Crippen molar-refractivity contribution < 1.29 is 0 Å². The van der Waals surface area contributed by atoms with Crippen molar-refractivity contribution in [3.63, 3.8) is 0 Å². The zero-order valence-electron chi connectivity index (χ0n) is 10.6. The van der Waals surface area contributed by atoms with Gasteiger partial charge in [-0.05, 0) is 33.5 Å². The van der Waals surface area contributed by atoms with E-state index < -0.39 is 0 Å². The summed E-state index contributed by atoms with van der Waals surface area (Å²) in [7, 11) is 0. The van der Waals surface area contributed by atoms with Crippen LogP contribution in [0.1, 0.15) is 29.6 Å². The summed E-state index contributed by atoms with van der Waals surface area (Å²) in [6, 6.07) is 8.97. The van der Waals surface area contributed by atoms with Crippen LogP contribution in [-0.4, -0.2) is 16.3 Å². The average molecular weight is 321 g/mol. The molecule has 0 spiro atoms. The number of rotatable bonds is 4. The Kier molecular flexibility index (Phi) is 3.68. The summed E-state index contributed by atoms with van der Waals surface area (Å²) >= 11 is 3.40. The molecule has 0 saturated heterocycles. The number of aromatic nitrogens is 2. The maximum atomic E-state index is 6.16. The number of nitrogens with zero attached hydrogens (tertiary/aromatic N) is 2. The third kappa shape index (κ3) is 2.73. The van der Waals surface area contributed by atoms with Gasteiger partial charge in [0.1, 0.15) is 0 Å². The normalized spacial score (nSPS) is 21.6. The summed E-state index contributed by atoms with van der Waals surface area (Å²) < 4.78 is 2.94. The molecule has 0 amide bonds. The Balaban J connectivity index is 1.60. The van der Waals surface area contributed by atoms with E-state index >= 15 is 0 Å². The minimum Gasteiger partial charge on any atom is -0.324 e. The Morgan fingerprint density at radius 2 is 2.16 bits per heavy atom. The molecule has 1 aliphatic rings. The van der Waals surface area contributed by atoms with E-state index in [1.54, 1.807) is 6.20 Å². The van der Waals surface area contributed by atoms with E-state index in [9.17, 15) is 0 Å². The minimum absolute atomic E-state index is 0.160. The highest BCUT2D eigenvalue weighted by molar-refractivity contribution is 9.10. The van der Waals surface area contributed by atoms with E-state index in [0.29, 0.717) is 6.04 Å². The highest BCUT2D eigenvalue weighted by Gasteiger charge is 2.27. The van der Waals surface area contributed by atoms with Crippen molar-refractivity contribution in [2.24, 2.45) is 5.73 Å². The summed E-state index contributed by atoms with van der Waals surface area (Å²) in [4.78, 5) is 0. The van der Waals surface area contributed by atoms with Gasteiger partial charge in [0, 0.05) is 24.8 Å². The monoisotopic (exact) mass is 320 g/mol. The molecule has 3 N–H and O–H groups in total. The van der Waals surface area contributed by atoms with Crippen LogP contribution in [-0.2, 0) is 6.54 Å². The number of hydrogen-bond acceptors (Lipinski definition) is 3. The van der Waals surface area contributed by atoms with Crippen LogP contribution >= 0.6 is 15.9 Å². The molecule has 19 heavy (non-hydrogen) atoms. The molecule has 1 heterocycles. The molecule has 1 aliphatic carbocycles. The smallest absolute Gasteiger partial charge is 0.0632 e. The quantitative estimate of drug-likeness (QED) is 0.909. The van der Waals surface area contributed by atoms with Gasteiger partial charge in [-0.25, -0.2) is 0 Å². The summed E-state index contributed by atoms with van der Waals surface area (Å²) in [6.07, 6.45) is 4.76. The van der Waals surface area contributed by atoms with Crippen LogP contribution in [0.15, 0.2) is 41.1 Å². The Morgan fingerprint density at radius 3 is 2.89 bits per heavy atom. The summed E-state index contributed by atoms with van der Waals surface area (Å²) in [5, 5.41) is 7.81.